The first kappa shape index (κ1) is 51.4. The van der Waals surface area contributed by atoms with E-state index in [-0.39, 0.29) is 50.6 Å². The predicted octanol–water partition coefficient (Wildman–Crippen LogP) is -2.98. The van der Waals surface area contributed by atoms with E-state index in [4.69, 9.17) is 59.4 Å². The summed E-state index contributed by atoms with van der Waals surface area (Å²) in [4.78, 5) is 49.4. The van der Waals surface area contributed by atoms with Gasteiger partial charge in [-0.25, -0.2) is 0 Å². The first-order valence-electron chi connectivity index (χ1n) is 2.57. The van der Waals surface area contributed by atoms with Crippen LogP contribution in [0.5, 0.6) is 0 Å². The molecule has 0 aliphatic heterocycles. The van der Waals surface area contributed by atoms with Gasteiger partial charge in [-0.2, -0.15) is 0 Å². The molecule has 110 valence electrons. The summed E-state index contributed by atoms with van der Waals surface area (Å²) < 4.78 is 0. The van der Waals surface area contributed by atoms with Gasteiger partial charge in [0.2, 0.25) is 0 Å². The van der Waals surface area contributed by atoms with Gasteiger partial charge in [0.25, 0.3) is 0 Å². The third-order valence-corrected chi connectivity index (χ3v) is 0. The normalized spacial score (nSPS) is 3.60. The molecule has 0 saturated heterocycles. The fourth-order valence-electron chi connectivity index (χ4n) is 0. The molecule has 0 spiro atoms. The smallest absolute Gasteiger partial charge is 6.00 e. The van der Waals surface area contributed by atoms with Gasteiger partial charge in [-0.15, -0.1) is 0 Å². The minimum Gasteiger partial charge on any atom is 6.00 e. The van der Waals surface area contributed by atoms with Crippen molar-refractivity contribution in [1.82, 2.24) is 0 Å². The molecule has 20 heavy (non-hydrogen) atoms. The summed E-state index contributed by atoms with van der Waals surface area (Å²) >= 11 is 0. The molecule has 6 N–H and O–H groups in total. The van der Waals surface area contributed by atoms with E-state index in [1.807, 2.05) is 0 Å². The fraction of sp³-hybridized carbons (Fsp3) is 0. The minimum atomic E-state index is 0. The van der Waals surface area contributed by atoms with Gasteiger partial charge in [-0.05, 0) is 0 Å². The van der Waals surface area contributed by atoms with Crippen LogP contribution in [-0.2, 0) is 49.8 Å². The van der Waals surface area contributed by atoms with Crippen LogP contribution in [0.15, 0.2) is 0 Å². The third kappa shape index (κ3) is 1780. The van der Waals surface area contributed by atoms with Crippen molar-refractivity contribution in [3.63, 3.8) is 0 Å². The van der Waals surface area contributed by atoms with Gasteiger partial charge in [0.15, 0.2) is 0 Å². The molecule has 0 rings (SSSR count). The van der Waals surface area contributed by atoms with Crippen molar-refractivity contribution >= 4 is 68.4 Å². The Morgan fingerprint density at radius 1 is 0.400 bits per heavy atom. The van der Waals surface area contributed by atoms with Crippen LogP contribution in [0.1, 0.15) is 0 Å². The molecule has 0 aromatic rings. The monoisotopic (exact) mass is 478 g/mol. The van der Waals surface area contributed by atoms with E-state index in [1.54, 1.807) is 0 Å². The van der Waals surface area contributed by atoms with Gasteiger partial charge < -0.3 is 59.4 Å². The molecule has 0 atom stereocenters. The Labute approximate surface area is 148 Å². The van der Waals surface area contributed by atoms with Gasteiger partial charge in [0.1, 0.15) is 0 Å². The number of aliphatic hydroxyl groups excluding tert-OH is 6. The van der Waals surface area contributed by atoms with Gasteiger partial charge in [0, 0.05) is 0 Å². The van der Waals surface area contributed by atoms with Crippen LogP contribution in [0.3, 0.4) is 0 Å². The molecule has 0 aromatic heterocycles. The molecule has 0 saturated carbocycles. The van der Waals surface area contributed by atoms with Crippen molar-refractivity contribution in [2.75, 3.05) is 0 Å². The SMILES string of the molecule is O=[C-]O.O=[C-]O.O=[C-]O.O=[C-]O.O=[C-]O.O=[C-]O.[NaH].[W+6]. The molecular formula is C6H7NaO12W. The number of hydrogen-bond donors (Lipinski definition) is 6. The van der Waals surface area contributed by atoms with Crippen LogP contribution in [0, 0.1) is 0 Å². The maximum absolute atomic E-state index is 8.24. The van der Waals surface area contributed by atoms with Gasteiger partial charge >= 0.3 is 50.6 Å². The Kier molecular flexibility index (Phi) is 603. The standard InChI is InChI=1S/6CHO2.Na.W.H/c6*2-1-3;;;/h6*(H,2,3);;;/q6*-1;;+6;. The molecule has 14 heteroatoms. The zero-order valence-electron chi connectivity index (χ0n) is 8.54. The Hall–Kier alpha value is -1.49. The zero-order valence-corrected chi connectivity index (χ0v) is 11.5. The van der Waals surface area contributed by atoms with Crippen LogP contribution < -0.4 is 0 Å². The van der Waals surface area contributed by atoms with Gasteiger partial charge in [-0.1, -0.05) is 38.8 Å². The fourth-order valence-corrected chi connectivity index (χ4v) is 0. The van der Waals surface area contributed by atoms with Crippen LogP contribution in [0.2, 0.25) is 0 Å². The van der Waals surface area contributed by atoms with E-state index < -0.39 is 0 Å². The second-order valence-corrected chi connectivity index (χ2v) is 0.548. The summed E-state index contributed by atoms with van der Waals surface area (Å²) in [5.74, 6) is 0. The van der Waals surface area contributed by atoms with Gasteiger partial charge in [0.05, 0.1) is 0 Å². The Balaban J connectivity index is -0.0000000141. The van der Waals surface area contributed by atoms with E-state index in [2.05, 4.69) is 0 Å². The van der Waals surface area contributed by atoms with Crippen LogP contribution >= 0.6 is 0 Å². The minimum absolute atomic E-state index is 0. The first-order valence-corrected chi connectivity index (χ1v) is 2.57. The van der Waals surface area contributed by atoms with Gasteiger partial charge in [-0.3, -0.25) is 0 Å². The Morgan fingerprint density at radius 3 is 0.400 bits per heavy atom. The molecule has 0 aliphatic carbocycles. The topological polar surface area (TPSA) is 224 Å². The Morgan fingerprint density at radius 2 is 0.400 bits per heavy atom. The zero-order chi connectivity index (χ0) is 16.2. The second kappa shape index (κ2) is 235. The predicted molar refractivity (Wildman–Crippen MR) is 57.1 cm³/mol. The van der Waals surface area contributed by atoms with E-state index in [1.165, 1.54) is 0 Å². The molecule has 0 radical (unpaired) electrons. The Bertz CT molecular complexity index is 119. The first-order chi connectivity index (χ1) is 8.49. The summed E-state index contributed by atoms with van der Waals surface area (Å²) in [6.07, 6.45) is 0. The van der Waals surface area contributed by atoms with E-state index in [0.717, 1.165) is 0 Å². The van der Waals surface area contributed by atoms with Crippen LogP contribution in [0.4, 0.5) is 0 Å². The van der Waals surface area contributed by atoms with Crippen molar-refractivity contribution in [1.29, 1.82) is 0 Å². The summed E-state index contributed by atoms with van der Waals surface area (Å²) in [6.45, 7) is 3.00. The molecule has 0 heterocycles. The molecule has 0 fully saturated rings. The number of rotatable bonds is 0. The summed E-state index contributed by atoms with van der Waals surface area (Å²) in [5.41, 5.74) is 0. The van der Waals surface area contributed by atoms with Crippen molar-refractivity contribution < 1.29 is 80.5 Å². The van der Waals surface area contributed by atoms with Crippen molar-refractivity contribution in [2.45, 2.75) is 0 Å². The molecule has 12 nitrogen and oxygen atoms in total. The summed E-state index contributed by atoms with van der Waals surface area (Å²) in [6, 6.07) is 0. The average molecular weight is 478 g/mol. The molecule has 0 amide bonds. The van der Waals surface area contributed by atoms with Crippen LogP contribution in [-0.4, -0.2) is 99.0 Å². The second-order valence-electron chi connectivity index (χ2n) is 0.548. The van der Waals surface area contributed by atoms with Crippen LogP contribution in [0.25, 0.3) is 0 Å². The number of hydrogen-bond acceptors (Lipinski definition) is 6. The van der Waals surface area contributed by atoms with Crippen molar-refractivity contribution in [3.8, 4) is 0 Å². The average Bonchev–Trinajstić information content (AvgIpc) is 2.23. The largest absolute Gasteiger partial charge is 6.00 e. The maximum atomic E-state index is 8.24. The van der Waals surface area contributed by atoms with Crippen molar-refractivity contribution in [2.24, 2.45) is 0 Å². The summed E-state index contributed by atoms with van der Waals surface area (Å²) in [7, 11) is 0. The molecule has 0 bridgehead atoms. The maximum Gasteiger partial charge on any atom is 6.00 e. The van der Waals surface area contributed by atoms with Crippen molar-refractivity contribution in [3.05, 3.63) is 0 Å². The molecular weight excluding hydrogens is 471 g/mol. The van der Waals surface area contributed by atoms with E-state index in [0.29, 0.717) is 38.8 Å². The summed E-state index contributed by atoms with van der Waals surface area (Å²) in [5, 5.41) is 40.6. The molecule has 0 unspecified atom stereocenters. The van der Waals surface area contributed by atoms with E-state index in [9.17, 15) is 0 Å². The van der Waals surface area contributed by atoms with E-state index >= 15 is 0 Å². The molecule has 0 aliphatic rings. The quantitative estimate of drug-likeness (QED) is 0.152. The molecule has 0 aromatic carbocycles. The third-order valence-electron chi connectivity index (χ3n) is 0.